The predicted molar refractivity (Wildman–Crippen MR) is 113 cm³/mol. The van der Waals surface area contributed by atoms with Gasteiger partial charge < -0.3 is 25.2 Å². The number of hydrogen-bond acceptors (Lipinski definition) is 6. The van der Waals surface area contributed by atoms with Gasteiger partial charge in [-0.2, -0.15) is 0 Å². The van der Waals surface area contributed by atoms with Crippen LogP contribution in [-0.2, 0) is 16.8 Å². The van der Waals surface area contributed by atoms with E-state index in [1.807, 2.05) is 31.2 Å². The number of benzene rings is 1. The van der Waals surface area contributed by atoms with Crippen molar-refractivity contribution in [3.63, 3.8) is 0 Å². The minimum absolute atomic E-state index is 0.0410. The predicted octanol–water partition coefficient (Wildman–Crippen LogP) is 2.38. The fraction of sp³-hybridized carbons (Fsp3) is 0.478. The summed E-state index contributed by atoms with van der Waals surface area (Å²) in [6, 6.07) is 9.42. The molecule has 1 aromatic heterocycles. The molecule has 0 bridgehead atoms. The smallest absolute Gasteiger partial charge is 0.224 e. The van der Waals surface area contributed by atoms with Crippen LogP contribution >= 0.6 is 0 Å². The minimum atomic E-state index is -0.900. The fourth-order valence-electron chi connectivity index (χ4n) is 4.24. The Morgan fingerprint density at radius 2 is 2.03 bits per heavy atom. The molecule has 1 saturated heterocycles. The maximum atomic E-state index is 11.5. The number of anilines is 1. The molecule has 1 aromatic carbocycles. The van der Waals surface area contributed by atoms with E-state index < -0.39 is 11.7 Å². The molecule has 1 atom stereocenters. The monoisotopic (exact) mass is 411 g/mol. The van der Waals surface area contributed by atoms with Gasteiger partial charge in [-0.05, 0) is 49.4 Å². The average molecular weight is 412 g/mol. The zero-order valence-corrected chi connectivity index (χ0v) is 17.3. The maximum absolute atomic E-state index is 11.5. The topological polar surface area (TPSA) is 94.9 Å². The lowest BCUT2D eigenvalue weighted by molar-refractivity contribution is -0.116. The van der Waals surface area contributed by atoms with Crippen LogP contribution in [0.5, 0.6) is 5.88 Å². The second kappa shape index (κ2) is 8.71. The molecule has 2 aliphatic heterocycles. The first kappa shape index (κ1) is 20.8. The van der Waals surface area contributed by atoms with Crippen LogP contribution in [0.4, 0.5) is 5.69 Å². The fourth-order valence-corrected chi connectivity index (χ4v) is 4.24. The summed E-state index contributed by atoms with van der Waals surface area (Å²) >= 11 is 0. The number of nitrogens with zero attached hydrogens (tertiary/aromatic N) is 2. The van der Waals surface area contributed by atoms with Crippen LogP contribution in [0.1, 0.15) is 49.0 Å². The number of piperidine rings is 1. The van der Waals surface area contributed by atoms with Gasteiger partial charge in [-0.3, -0.25) is 4.79 Å². The Bertz CT molecular complexity index is 892. The van der Waals surface area contributed by atoms with Gasteiger partial charge in [0.1, 0.15) is 0 Å². The van der Waals surface area contributed by atoms with Gasteiger partial charge >= 0.3 is 0 Å². The van der Waals surface area contributed by atoms with E-state index in [4.69, 9.17) is 4.74 Å². The Hall–Kier alpha value is -2.48. The number of aryl methyl sites for hydroxylation is 1. The van der Waals surface area contributed by atoms with Gasteiger partial charge in [-0.1, -0.05) is 12.1 Å². The van der Waals surface area contributed by atoms with Crippen molar-refractivity contribution in [2.45, 2.75) is 44.3 Å². The molecule has 1 unspecified atom stereocenters. The minimum Gasteiger partial charge on any atom is -0.478 e. The molecule has 3 heterocycles. The Labute approximate surface area is 176 Å². The molecule has 1 amide bonds. The van der Waals surface area contributed by atoms with Crippen LogP contribution in [0, 0.1) is 0 Å². The van der Waals surface area contributed by atoms with Crippen LogP contribution in [-0.4, -0.2) is 52.2 Å². The van der Waals surface area contributed by atoms with Gasteiger partial charge in [0.2, 0.25) is 11.8 Å². The lowest BCUT2D eigenvalue weighted by Gasteiger charge is -2.39. The Kier molecular flexibility index (Phi) is 6.04. The molecule has 2 aromatic rings. The first-order chi connectivity index (χ1) is 14.5. The van der Waals surface area contributed by atoms with Gasteiger partial charge in [-0.25, -0.2) is 4.98 Å². The largest absolute Gasteiger partial charge is 0.478 e. The third-order valence-corrected chi connectivity index (χ3v) is 6.09. The van der Waals surface area contributed by atoms with Crippen molar-refractivity contribution >= 4 is 11.6 Å². The number of aliphatic hydroxyl groups excluding tert-OH is 1. The molecule has 7 nitrogen and oxygen atoms in total. The molecule has 160 valence electrons. The van der Waals surface area contributed by atoms with Crippen molar-refractivity contribution < 1.29 is 19.7 Å². The van der Waals surface area contributed by atoms with Gasteiger partial charge in [0.15, 0.2) is 0 Å². The van der Waals surface area contributed by atoms with E-state index in [2.05, 4.69) is 15.2 Å². The van der Waals surface area contributed by atoms with E-state index in [1.165, 1.54) is 0 Å². The number of pyridine rings is 1. The molecule has 0 aliphatic carbocycles. The standard InChI is InChI=1S/C23H29N3O4/c1-2-30-22-8-5-18(14-24-22)23(29)9-11-26(12-10-23)15-20(27)17-3-6-19-16(13-17)4-7-21(28)25-19/h3,5-6,8,13-14,20,27,29H,2,4,7,9-12,15H2,1H3,(H,25,28). The highest BCUT2D eigenvalue weighted by Crippen LogP contribution is 2.34. The van der Waals surface area contributed by atoms with Crippen LogP contribution in [0.3, 0.4) is 0 Å². The van der Waals surface area contributed by atoms with Crippen LogP contribution in [0.25, 0.3) is 0 Å². The zero-order valence-electron chi connectivity index (χ0n) is 17.3. The van der Waals surface area contributed by atoms with E-state index >= 15 is 0 Å². The molecular formula is C23H29N3O4. The molecule has 0 saturated carbocycles. The average Bonchev–Trinajstić information content (AvgIpc) is 2.76. The van der Waals surface area contributed by atoms with Crippen molar-refractivity contribution in [3.05, 3.63) is 53.2 Å². The molecule has 30 heavy (non-hydrogen) atoms. The van der Waals surface area contributed by atoms with E-state index in [9.17, 15) is 15.0 Å². The quantitative estimate of drug-likeness (QED) is 0.676. The summed E-state index contributed by atoms with van der Waals surface area (Å²) in [5.41, 5.74) is 2.68. The lowest BCUT2D eigenvalue weighted by atomic mass is 9.85. The zero-order chi connectivity index (χ0) is 21.1. The number of carbonyl (C=O) groups is 1. The number of likely N-dealkylation sites (tertiary alicyclic amines) is 1. The summed E-state index contributed by atoms with van der Waals surface area (Å²) in [6.45, 7) is 4.38. The molecule has 3 N–H and O–H groups in total. The number of β-amino-alcohol motifs (C(OH)–C–C–N with tert-alkyl or cyclic N) is 1. The second-order valence-electron chi connectivity index (χ2n) is 8.13. The number of hydrogen-bond donors (Lipinski definition) is 3. The highest BCUT2D eigenvalue weighted by molar-refractivity contribution is 5.93. The highest BCUT2D eigenvalue weighted by atomic mass is 16.5. The molecule has 0 radical (unpaired) electrons. The van der Waals surface area contributed by atoms with Crippen LogP contribution < -0.4 is 10.1 Å². The van der Waals surface area contributed by atoms with Crippen molar-refractivity contribution in [1.29, 1.82) is 0 Å². The van der Waals surface area contributed by atoms with E-state index in [1.54, 1.807) is 12.3 Å². The van der Waals surface area contributed by atoms with Crippen LogP contribution in [0.15, 0.2) is 36.5 Å². The van der Waals surface area contributed by atoms with E-state index in [0.717, 1.165) is 22.4 Å². The number of ether oxygens (including phenoxy) is 1. The summed E-state index contributed by atoms with van der Waals surface area (Å²) in [5, 5.41) is 24.7. The molecule has 2 aliphatic rings. The Morgan fingerprint density at radius 3 is 2.73 bits per heavy atom. The number of carbonyl (C=O) groups excluding carboxylic acids is 1. The third kappa shape index (κ3) is 4.48. The number of rotatable bonds is 6. The molecule has 7 heteroatoms. The normalized spacial score (nSPS) is 19.6. The molecular weight excluding hydrogens is 382 g/mol. The Morgan fingerprint density at radius 1 is 1.23 bits per heavy atom. The van der Waals surface area contributed by atoms with E-state index in [-0.39, 0.29) is 5.91 Å². The summed E-state index contributed by atoms with van der Waals surface area (Å²) in [5.74, 6) is 0.606. The first-order valence-corrected chi connectivity index (χ1v) is 10.6. The van der Waals surface area contributed by atoms with Gasteiger partial charge in [0.25, 0.3) is 0 Å². The third-order valence-electron chi connectivity index (χ3n) is 6.09. The van der Waals surface area contributed by atoms with Crippen molar-refractivity contribution in [1.82, 2.24) is 9.88 Å². The van der Waals surface area contributed by atoms with Crippen molar-refractivity contribution in [2.75, 3.05) is 31.6 Å². The van der Waals surface area contributed by atoms with Crippen molar-refractivity contribution in [3.8, 4) is 5.88 Å². The van der Waals surface area contributed by atoms with Crippen molar-refractivity contribution in [2.24, 2.45) is 0 Å². The van der Waals surface area contributed by atoms with Gasteiger partial charge in [-0.15, -0.1) is 0 Å². The summed E-state index contributed by atoms with van der Waals surface area (Å²) < 4.78 is 5.37. The van der Waals surface area contributed by atoms with Gasteiger partial charge in [0, 0.05) is 49.6 Å². The maximum Gasteiger partial charge on any atom is 0.224 e. The molecule has 4 rings (SSSR count). The summed E-state index contributed by atoms with van der Waals surface area (Å²) in [7, 11) is 0. The first-order valence-electron chi connectivity index (χ1n) is 10.6. The van der Waals surface area contributed by atoms with E-state index in [0.29, 0.717) is 57.8 Å². The lowest BCUT2D eigenvalue weighted by Crippen LogP contribution is -2.44. The SMILES string of the molecule is CCOc1ccc(C2(O)CCN(CC(O)c3ccc4c(c3)CCC(=O)N4)CC2)cn1. The second-order valence-corrected chi connectivity index (χ2v) is 8.13. The number of aromatic nitrogens is 1. The van der Waals surface area contributed by atoms with Crippen LogP contribution in [0.2, 0.25) is 0 Å². The number of nitrogens with one attached hydrogen (secondary N) is 1. The van der Waals surface area contributed by atoms with Gasteiger partial charge in [0.05, 0.1) is 18.3 Å². The molecule has 0 spiro atoms. The summed E-state index contributed by atoms with van der Waals surface area (Å²) in [6.07, 6.45) is 3.46. The summed E-state index contributed by atoms with van der Waals surface area (Å²) in [4.78, 5) is 18.0. The molecule has 1 fully saturated rings. The number of amides is 1. The number of aliphatic hydroxyl groups is 2. The number of fused-ring (bicyclic) bond motifs is 1. The Balaban J connectivity index is 1.34. The highest BCUT2D eigenvalue weighted by Gasteiger charge is 2.35.